The van der Waals surface area contributed by atoms with Crippen LogP contribution in [0.3, 0.4) is 0 Å². The molecule has 1 heterocycles. The van der Waals surface area contributed by atoms with E-state index in [1.807, 2.05) is 0 Å². The molecule has 0 saturated carbocycles. The second kappa shape index (κ2) is 4.75. The molecule has 0 amide bonds. The van der Waals surface area contributed by atoms with Gasteiger partial charge in [-0.25, -0.2) is 0 Å². The van der Waals surface area contributed by atoms with E-state index in [0.717, 1.165) is 32.5 Å². The van der Waals surface area contributed by atoms with Crippen molar-refractivity contribution in [2.24, 2.45) is 0 Å². The monoisotopic (exact) mass is 200 g/mol. The summed E-state index contributed by atoms with van der Waals surface area (Å²) in [5.41, 5.74) is -0.691. The summed E-state index contributed by atoms with van der Waals surface area (Å²) in [5.74, 6) is -0.710. The third-order valence-corrected chi connectivity index (χ3v) is 3.27. The minimum atomic E-state index is -0.710. The molecular formula is C10H20N2O2. The number of hydrogen-bond acceptors (Lipinski definition) is 3. The van der Waals surface area contributed by atoms with Crippen LogP contribution >= 0.6 is 0 Å². The van der Waals surface area contributed by atoms with Gasteiger partial charge in [-0.15, -0.1) is 0 Å². The summed E-state index contributed by atoms with van der Waals surface area (Å²) in [5, 5.41) is 12.2. The van der Waals surface area contributed by atoms with Gasteiger partial charge in [0.15, 0.2) is 0 Å². The predicted octanol–water partition coefficient (Wildman–Crippen LogP) is 0.535. The van der Waals surface area contributed by atoms with E-state index in [1.54, 1.807) is 7.05 Å². The number of carboxylic acid groups (broad SMARTS) is 1. The van der Waals surface area contributed by atoms with Crippen LogP contribution in [-0.4, -0.2) is 48.2 Å². The summed E-state index contributed by atoms with van der Waals surface area (Å²) >= 11 is 0. The lowest BCUT2D eigenvalue weighted by Gasteiger charge is -2.27. The van der Waals surface area contributed by atoms with Crippen LogP contribution < -0.4 is 5.32 Å². The van der Waals surface area contributed by atoms with E-state index in [1.165, 1.54) is 0 Å². The topological polar surface area (TPSA) is 52.6 Å². The SMILES string of the molecule is CCN1CCCC(NC)(C(=O)O)CC1. The highest BCUT2D eigenvalue weighted by molar-refractivity contribution is 5.78. The highest BCUT2D eigenvalue weighted by Crippen LogP contribution is 2.22. The molecule has 1 unspecified atom stereocenters. The van der Waals surface area contributed by atoms with Crippen molar-refractivity contribution < 1.29 is 9.90 Å². The first kappa shape index (κ1) is 11.5. The van der Waals surface area contributed by atoms with Crippen LogP contribution in [0.4, 0.5) is 0 Å². The molecule has 0 radical (unpaired) electrons. The van der Waals surface area contributed by atoms with Crippen LogP contribution in [0.25, 0.3) is 0 Å². The van der Waals surface area contributed by atoms with Crippen LogP contribution in [0.5, 0.6) is 0 Å². The van der Waals surface area contributed by atoms with Crippen molar-refractivity contribution in [1.29, 1.82) is 0 Å². The Morgan fingerprint density at radius 1 is 1.50 bits per heavy atom. The number of carboxylic acids is 1. The zero-order valence-electron chi connectivity index (χ0n) is 9.05. The zero-order valence-corrected chi connectivity index (χ0v) is 9.05. The van der Waals surface area contributed by atoms with E-state index >= 15 is 0 Å². The van der Waals surface area contributed by atoms with Crippen molar-refractivity contribution in [3.63, 3.8) is 0 Å². The quantitative estimate of drug-likeness (QED) is 0.698. The number of carbonyl (C=O) groups is 1. The molecule has 4 heteroatoms. The lowest BCUT2D eigenvalue weighted by molar-refractivity contribution is -0.145. The first-order chi connectivity index (χ1) is 6.64. The normalized spacial score (nSPS) is 29.9. The number of rotatable bonds is 3. The molecule has 1 atom stereocenters. The molecule has 82 valence electrons. The lowest BCUT2D eigenvalue weighted by Crippen LogP contribution is -2.50. The maximum Gasteiger partial charge on any atom is 0.323 e. The van der Waals surface area contributed by atoms with Gasteiger partial charge in [-0.2, -0.15) is 0 Å². The van der Waals surface area contributed by atoms with Gasteiger partial charge in [-0.1, -0.05) is 6.92 Å². The highest BCUT2D eigenvalue weighted by atomic mass is 16.4. The molecule has 1 fully saturated rings. The average Bonchev–Trinajstić information content (AvgIpc) is 2.40. The molecule has 0 aromatic rings. The average molecular weight is 200 g/mol. The molecule has 14 heavy (non-hydrogen) atoms. The fraction of sp³-hybridized carbons (Fsp3) is 0.900. The lowest BCUT2D eigenvalue weighted by atomic mass is 9.91. The smallest absolute Gasteiger partial charge is 0.323 e. The van der Waals surface area contributed by atoms with E-state index in [0.29, 0.717) is 6.42 Å². The Kier molecular flexibility index (Phi) is 3.89. The van der Waals surface area contributed by atoms with E-state index < -0.39 is 11.5 Å². The summed E-state index contributed by atoms with van der Waals surface area (Å²) in [7, 11) is 1.75. The first-order valence-electron chi connectivity index (χ1n) is 5.29. The Bertz CT molecular complexity index is 208. The second-order valence-corrected chi connectivity index (χ2v) is 3.93. The summed E-state index contributed by atoms with van der Waals surface area (Å²) < 4.78 is 0. The van der Waals surface area contributed by atoms with Gasteiger partial charge in [0.25, 0.3) is 0 Å². The molecule has 0 bridgehead atoms. The van der Waals surface area contributed by atoms with Crippen LogP contribution in [0.1, 0.15) is 26.2 Å². The molecule has 1 rings (SSSR count). The van der Waals surface area contributed by atoms with Crippen LogP contribution in [0.15, 0.2) is 0 Å². The standard InChI is InChI=1S/C10H20N2O2/c1-3-12-7-4-5-10(11-2,6-8-12)9(13)14/h11H,3-8H2,1-2H3,(H,13,14). The molecule has 2 N–H and O–H groups in total. The summed E-state index contributed by atoms with van der Waals surface area (Å²) in [6.07, 6.45) is 2.39. The fourth-order valence-electron chi connectivity index (χ4n) is 2.08. The molecule has 1 saturated heterocycles. The summed E-state index contributed by atoms with van der Waals surface area (Å²) in [6, 6.07) is 0. The molecule has 1 aliphatic rings. The van der Waals surface area contributed by atoms with Gasteiger partial charge in [0, 0.05) is 6.54 Å². The highest BCUT2D eigenvalue weighted by Gasteiger charge is 2.37. The van der Waals surface area contributed by atoms with Crippen molar-refractivity contribution >= 4 is 5.97 Å². The predicted molar refractivity (Wildman–Crippen MR) is 55.4 cm³/mol. The number of aliphatic carboxylic acids is 1. The van der Waals surface area contributed by atoms with Crippen molar-refractivity contribution in [1.82, 2.24) is 10.2 Å². The summed E-state index contributed by atoms with van der Waals surface area (Å²) in [4.78, 5) is 13.5. The van der Waals surface area contributed by atoms with E-state index in [2.05, 4.69) is 17.1 Å². The van der Waals surface area contributed by atoms with Crippen LogP contribution in [0.2, 0.25) is 0 Å². The fourth-order valence-corrected chi connectivity index (χ4v) is 2.08. The van der Waals surface area contributed by atoms with Gasteiger partial charge >= 0.3 is 5.97 Å². The maximum absolute atomic E-state index is 11.2. The molecular weight excluding hydrogens is 180 g/mol. The van der Waals surface area contributed by atoms with Crippen molar-refractivity contribution in [2.45, 2.75) is 31.7 Å². The van der Waals surface area contributed by atoms with Gasteiger partial charge in [-0.05, 0) is 39.4 Å². The number of likely N-dealkylation sites (tertiary alicyclic amines) is 1. The van der Waals surface area contributed by atoms with Gasteiger partial charge in [0.1, 0.15) is 5.54 Å². The molecule has 0 spiro atoms. The molecule has 0 aliphatic carbocycles. The van der Waals surface area contributed by atoms with Crippen LogP contribution in [0, 0.1) is 0 Å². The Hall–Kier alpha value is -0.610. The third-order valence-electron chi connectivity index (χ3n) is 3.27. The Morgan fingerprint density at radius 3 is 2.71 bits per heavy atom. The second-order valence-electron chi connectivity index (χ2n) is 3.93. The number of nitrogens with one attached hydrogen (secondary N) is 1. The first-order valence-corrected chi connectivity index (χ1v) is 5.29. The van der Waals surface area contributed by atoms with Gasteiger partial charge in [-0.3, -0.25) is 4.79 Å². The van der Waals surface area contributed by atoms with E-state index in [-0.39, 0.29) is 0 Å². The number of hydrogen-bond donors (Lipinski definition) is 2. The largest absolute Gasteiger partial charge is 0.480 e. The molecule has 0 aromatic heterocycles. The Balaban J connectivity index is 2.66. The molecule has 1 aliphatic heterocycles. The van der Waals surface area contributed by atoms with Gasteiger partial charge in [0.05, 0.1) is 0 Å². The van der Waals surface area contributed by atoms with Crippen molar-refractivity contribution in [2.75, 3.05) is 26.7 Å². The maximum atomic E-state index is 11.2. The van der Waals surface area contributed by atoms with Gasteiger partial charge in [0.2, 0.25) is 0 Å². The van der Waals surface area contributed by atoms with Crippen molar-refractivity contribution in [3.05, 3.63) is 0 Å². The zero-order chi connectivity index (χ0) is 10.6. The number of likely N-dealkylation sites (N-methyl/N-ethyl adjacent to an activating group) is 1. The third kappa shape index (κ3) is 2.25. The molecule has 0 aromatic carbocycles. The Morgan fingerprint density at radius 2 is 2.21 bits per heavy atom. The van der Waals surface area contributed by atoms with E-state index in [4.69, 9.17) is 0 Å². The van der Waals surface area contributed by atoms with Gasteiger partial charge < -0.3 is 15.3 Å². The van der Waals surface area contributed by atoms with E-state index in [9.17, 15) is 9.90 Å². The van der Waals surface area contributed by atoms with Crippen LogP contribution in [-0.2, 0) is 4.79 Å². The molecule has 4 nitrogen and oxygen atoms in total. The summed E-state index contributed by atoms with van der Waals surface area (Å²) in [6.45, 7) is 5.03. The minimum absolute atomic E-state index is 0.691. The van der Waals surface area contributed by atoms with Crippen molar-refractivity contribution in [3.8, 4) is 0 Å². The Labute approximate surface area is 85.3 Å². The number of nitrogens with zero attached hydrogens (tertiary/aromatic N) is 1. The minimum Gasteiger partial charge on any atom is -0.480 e.